The van der Waals surface area contributed by atoms with Gasteiger partial charge in [0.1, 0.15) is 5.56 Å². The van der Waals surface area contributed by atoms with E-state index in [1.807, 2.05) is 55.4 Å². The van der Waals surface area contributed by atoms with Crippen LogP contribution in [0, 0.1) is 0 Å². The minimum atomic E-state index is -4.45. The predicted molar refractivity (Wildman–Crippen MR) is 123 cm³/mol. The number of carbonyl (C=O) groups excluding carboxylic acids is 1. The quantitative estimate of drug-likeness (QED) is 0.398. The van der Waals surface area contributed by atoms with Gasteiger partial charge in [-0.25, -0.2) is 9.50 Å². The Morgan fingerprint density at radius 1 is 1.00 bits per heavy atom. The highest BCUT2D eigenvalue weighted by Crippen LogP contribution is 2.30. The second-order valence-electron chi connectivity index (χ2n) is 8.22. The molecule has 0 bridgehead atoms. The van der Waals surface area contributed by atoms with Crippen LogP contribution in [-0.4, -0.2) is 57.5 Å². The first-order chi connectivity index (χ1) is 16.2. The number of amides is 1. The third kappa shape index (κ3) is 5.09. The summed E-state index contributed by atoms with van der Waals surface area (Å²) in [5.74, 6) is -0.341. The normalized spacial score (nSPS) is 11.8. The molecule has 9 heteroatoms. The zero-order chi connectivity index (χ0) is 24.3. The average Bonchev–Trinajstić information content (AvgIpc) is 3.26. The first-order valence-corrected chi connectivity index (χ1v) is 10.7. The van der Waals surface area contributed by atoms with Gasteiger partial charge in [-0.2, -0.15) is 18.3 Å². The summed E-state index contributed by atoms with van der Waals surface area (Å²) in [7, 11) is 3.74. The molecule has 4 aromatic rings. The number of benzene rings is 2. The van der Waals surface area contributed by atoms with Gasteiger partial charge in [0.25, 0.3) is 5.91 Å². The number of aromatic nitrogens is 3. The Balaban J connectivity index is 1.68. The van der Waals surface area contributed by atoms with Crippen molar-refractivity contribution in [1.29, 1.82) is 0 Å². The molecule has 4 rings (SSSR count). The van der Waals surface area contributed by atoms with Gasteiger partial charge >= 0.3 is 6.18 Å². The molecule has 0 aliphatic heterocycles. The molecule has 0 spiro atoms. The molecule has 176 valence electrons. The summed E-state index contributed by atoms with van der Waals surface area (Å²) < 4.78 is 41.2. The van der Waals surface area contributed by atoms with Crippen LogP contribution in [0.1, 0.15) is 21.5 Å². The van der Waals surface area contributed by atoms with E-state index in [9.17, 15) is 18.0 Å². The molecule has 0 saturated heterocycles. The number of hydrogen-bond donors (Lipinski definition) is 0. The Kier molecular flexibility index (Phi) is 6.65. The molecule has 2 heterocycles. The van der Waals surface area contributed by atoms with Gasteiger partial charge in [0, 0.05) is 31.4 Å². The Hall–Kier alpha value is -3.72. The molecular weight excluding hydrogens is 443 g/mol. The maximum absolute atomic E-state index is 13.6. The van der Waals surface area contributed by atoms with Crippen molar-refractivity contribution in [1.82, 2.24) is 24.4 Å². The van der Waals surface area contributed by atoms with Crippen LogP contribution in [0.2, 0.25) is 0 Å². The van der Waals surface area contributed by atoms with Crippen LogP contribution in [0.3, 0.4) is 0 Å². The molecule has 2 aromatic carbocycles. The highest BCUT2D eigenvalue weighted by molar-refractivity contribution is 6.00. The molecule has 0 saturated carbocycles. The largest absolute Gasteiger partial charge is 0.416 e. The molecule has 1 amide bonds. The summed E-state index contributed by atoms with van der Waals surface area (Å²) in [4.78, 5) is 21.4. The third-order valence-corrected chi connectivity index (χ3v) is 5.43. The maximum Gasteiger partial charge on any atom is 0.416 e. The number of nitrogens with zero attached hydrogens (tertiary/aromatic N) is 5. The van der Waals surface area contributed by atoms with Crippen molar-refractivity contribution >= 4 is 11.6 Å². The van der Waals surface area contributed by atoms with Crippen molar-refractivity contribution in [2.24, 2.45) is 0 Å². The van der Waals surface area contributed by atoms with Crippen LogP contribution in [0.5, 0.6) is 0 Å². The number of rotatable bonds is 7. The monoisotopic (exact) mass is 467 g/mol. The zero-order valence-corrected chi connectivity index (χ0v) is 18.8. The Labute approximate surface area is 195 Å². The van der Waals surface area contributed by atoms with E-state index in [1.165, 1.54) is 17.2 Å². The number of carbonyl (C=O) groups is 1. The molecule has 2 aromatic heterocycles. The first kappa shape index (κ1) is 23.4. The van der Waals surface area contributed by atoms with Gasteiger partial charge in [-0.3, -0.25) is 4.79 Å². The number of likely N-dealkylation sites (N-methyl/N-ethyl adjacent to an activating group) is 1. The van der Waals surface area contributed by atoms with Crippen LogP contribution in [0.25, 0.3) is 16.9 Å². The van der Waals surface area contributed by atoms with E-state index in [4.69, 9.17) is 0 Å². The fraction of sp³-hybridized carbons (Fsp3) is 0.240. The van der Waals surface area contributed by atoms with Crippen molar-refractivity contribution in [2.75, 3.05) is 27.2 Å². The smallest absolute Gasteiger partial charge is 0.333 e. The Bertz CT molecular complexity index is 1280. The minimum absolute atomic E-state index is 0.0340. The van der Waals surface area contributed by atoms with E-state index in [-0.39, 0.29) is 12.5 Å². The molecule has 0 radical (unpaired) electrons. The van der Waals surface area contributed by atoms with E-state index >= 15 is 0 Å². The highest BCUT2D eigenvalue weighted by Gasteiger charge is 2.31. The van der Waals surface area contributed by atoms with Gasteiger partial charge in [0.2, 0.25) is 0 Å². The second kappa shape index (κ2) is 9.64. The SMILES string of the molecule is CN(C)CCN(Cc1cccc(C(F)(F)F)c1)C(=O)c1cnn2c(-c3ccccc3)ccnc12. The lowest BCUT2D eigenvalue weighted by Crippen LogP contribution is -2.36. The van der Waals surface area contributed by atoms with Gasteiger partial charge in [-0.1, -0.05) is 42.5 Å². The van der Waals surface area contributed by atoms with Crippen LogP contribution < -0.4 is 0 Å². The summed E-state index contributed by atoms with van der Waals surface area (Å²) in [5.41, 5.74) is 2.05. The second-order valence-corrected chi connectivity index (χ2v) is 8.22. The van der Waals surface area contributed by atoms with Gasteiger partial charge in [0.05, 0.1) is 17.5 Å². The van der Waals surface area contributed by atoms with Crippen LogP contribution >= 0.6 is 0 Å². The van der Waals surface area contributed by atoms with E-state index in [0.717, 1.165) is 23.4 Å². The molecular formula is C25H24F3N5O. The average molecular weight is 467 g/mol. The molecule has 6 nitrogen and oxygen atoms in total. The Morgan fingerprint density at radius 2 is 1.76 bits per heavy atom. The minimum Gasteiger partial charge on any atom is -0.333 e. The number of alkyl halides is 3. The lowest BCUT2D eigenvalue weighted by atomic mass is 10.1. The van der Waals surface area contributed by atoms with Crippen molar-refractivity contribution in [2.45, 2.75) is 12.7 Å². The van der Waals surface area contributed by atoms with E-state index in [2.05, 4.69) is 10.1 Å². The zero-order valence-electron chi connectivity index (χ0n) is 18.8. The van der Waals surface area contributed by atoms with Crippen molar-refractivity contribution < 1.29 is 18.0 Å². The molecule has 0 N–H and O–H groups in total. The fourth-order valence-corrected chi connectivity index (χ4v) is 3.68. The van der Waals surface area contributed by atoms with Gasteiger partial charge in [0.15, 0.2) is 5.65 Å². The standard InChI is InChI=1S/C25H24F3N5O/c1-31(2)13-14-32(17-18-7-6-10-20(15-18)25(26,27)28)24(34)21-16-30-33-22(11-12-29-23(21)33)19-8-4-3-5-9-19/h3-12,15-16H,13-14,17H2,1-2H3. The van der Waals surface area contributed by atoms with E-state index < -0.39 is 11.7 Å². The molecule has 0 aliphatic carbocycles. The molecule has 0 fully saturated rings. The van der Waals surface area contributed by atoms with Crippen molar-refractivity contribution in [3.8, 4) is 11.3 Å². The summed E-state index contributed by atoms with van der Waals surface area (Å²) in [6.07, 6.45) is -1.37. The van der Waals surface area contributed by atoms with Crippen LogP contribution in [0.4, 0.5) is 13.2 Å². The van der Waals surface area contributed by atoms with E-state index in [1.54, 1.807) is 16.8 Å². The van der Waals surface area contributed by atoms with E-state index in [0.29, 0.717) is 29.9 Å². The highest BCUT2D eigenvalue weighted by atomic mass is 19.4. The molecule has 0 aliphatic rings. The number of halogens is 3. The lowest BCUT2D eigenvalue weighted by molar-refractivity contribution is -0.137. The Morgan fingerprint density at radius 3 is 2.47 bits per heavy atom. The van der Waals surface area contributed by atoms with Gasteiger partial charge in [-0.15, -0.1) is 0 Å². The molecule has 0 atom stereocenters. The summed E-state index contributed by atoms with van der Waals surface area (Å²) in [5, 5.41) is 4.39. The third-order valence-electron chi connectivity index (χ3n) is 5.43. The molecule has 34 heavy (non-hydrogen) atoms. The fourth-order valence-electron chi connectivity index (χ4n) is 3.68. The number of fused-ring (bicyclic) bond motifs is 1. The maximum atomic E-state index is 13.6. The summed E-state index contributed by atoms with van der Waals surface area (Å²) in [6, 6.07) is 16.5. The summed E-state index contributed by atoms with van der Waals surface area (Å²) >= 11 is 0. The summed E-state index contributed by atoms with van der Waals surface area (Å²) in [6.45, 7) is 0.913. The van der Waals surface area contributed by atoms with Crippen molar-refractivity contribution in [3.63, 3.8) is 0 Å². The van der Waals surface area contributed by atoms with Gasteiger partial charge in [-0.05, 0) is 37.9 Å². The topological polar surface area (TPSA) is 53.7 Å². The van der Waals surface area contributed by atoms with Crippen molar-refractivity contribution in [3.05, 3.63) is 89.7 Å². The lowest BCUT2D eigenvalue weighted by Gasteiger charge is -2.24. The van der Waals surface area contributed by atoms with Crippen LogP contribution in [-0.2, 0) is 12.7 Å². The predicted octanol–water partition coefficient (Wildman–Crippen LogP) is 4.62. The molecule has 0 unspecified atom stereocenters. The first-order valence-electron chi connectivity index (χ1n) is 10.7. The van der Waals surface area contributed by atoms with Gasteiger partial charge < -0.3 is 9.80 Å². The number of hydrogen-bond acceptors (Lipinski definition) is 4. The van der Waals surface area contributed by atoms with Crippen LogP contribution in [0.15, 0.2) is 73.1 Å².